The molecule has 0 aliphatic carbocycles. The number of nitriles is 1. The molecule has 0 spiro atoms. The monoisotopic (exact) mass is 418 g/mol. The third kappa shape index (κ3) is 4.75. The fourth-order valence-corrected chi connectivity index (χ4v) is 3.28. The van der Waals surface area contributed by atoms with E-state index in [9.17, 15) is 14.9 Å². The van der Waals surface area contributed by atoms with Crippen molar-refractivity contribution < 1.29 is 9.59 Å². The van der Waals surface area contributed by atoms with E-state index >= 15 is 0 Å². The van der Waals surface area contributed by atoms with Gasteiger partial charge in [-0.1, -0.05) is 12.1 Å². The van der Waals surface area contributed by atoms with Crippen molar-refractivity contribution in [2.24, 2.45) is 0 Å². The SMILES string of the molecule is CCN(C(C)=O)c1nc(/C=C(/C#N)C(=O)Nc2ccccc2Br)cs1. The molecule has 25 heavy (non-hydrogen) atoms. The Morgan fingerprint density at radius 2 is 2.16 bits per heavy atom. The van der Waals surface area contributed by atoms with Crippen molar-refractivity contribution >= 4 is 56.0 Å². The molecule has 1 N–H and O–H groups in total. The van der Waals surface area contributed by atoms with Gasteiger partial charge in [-0.2, -0.15) is 5.26 Å². The van der Waals surface area contributed by atoms with Gasteiger partial charge in [-0.25, -0.2) is 4.98 Å². The summed E-state index contributed by atoms with van der Waals surface area (Å²) in [5.41, 5.74) is 0.957. The van der Waals surface area contributed by atoms with Gasteiger partial charge in [0, 0.05) is 23.3 Å². The minimum absolute atomic E-state index is 0.0709. The maximum Gasteiger partial charge on any atom is 0.266 e. The number of thiazole rings is 1. The zero-order chi connectivity index (χ0) is 18.4. The summed E-state index contributed by atoms with van der Waals surface area (Å²) in [7, 11) is 0. The zero-order valence-corrected chi connectivity index (χ0v) is 16.0. The van der Waals surface area contributed by atoms with Crippen molar-refractivity contribution in [1.29, 1.82) is 5.26 Å². The molecule has 2 rings (SSSR count). The molecule has 128 valence electrons. The Labute approximate surface area is 157 Å². The minimum Gasteiger partial charge on any atom is -0.320 e. The number of nitrogens with zero attached hydrogens (tertiary/aromatic N) is 3. The van der Waals surface area contributed by atoms with Crippen LogP contribution in [0.2, 0.25) is 0 Å². The van der Waals surface area contributed by atoms with E-state index in [1.165, 1.54) is 29.2 Å². The highest BCUT2D eigenvalue weighted by atomic mass is 79.9. The molecule has 1 aromatic heterocycles. The summed E-state index contributed by atoms with van der Waals surface area (Å²) < 4.78 is 0.719. The van der Waals surface area contributed by atoms with Crippen molar-refractivity contribution in [1.82, 2.24) is 4.98 Å². The molecular weight excluding hydrogens is 404 g/mol. The first-order valence-electron chi connectivity index (χ1n) is 7.37. The average molecular weight is 419 g/mol. The number of amides is 2. The van der Waals surface area contributed by atoms with Crippen molar-refractivity contribution in [3.05, 3.63) is 45.4 Å². The number of nitrogens with one attached hydrogen (secondary N) is 1. The van der Waals surface area contributed by atoms with Gasteiger partial charge < -0.3 is 5.32 Å². The van der Waals surface area contributed by atoms with E-state index in [0.29, 0.717) is 23.1 Å². The molecule has 2 aromatic rings. The lowest BCUT2D eigenvalue weighted by molar-refractivity contribution is -0.116. The summed E-state index contributed by atoms with van der Waals surface area (Å²) >= 11 is 4.62. The highest BCUT2D eigenvalue weighted by Crippen LogP contribution is 2.24. The van der Waals surface area contributed by atoms with Gasteiger partial charge in [0.15, 0.2) is 5.13 Å². The highest BCUT2D eigenvalue weighted by Gasteiger charge is 2.15. The van der Waals surface area contributed by atoms with Crippen LogP contribution in [0.15, 0.2) is 39.7 Å². The van der Waals surface area contributed by atoms with Gasteiger partial charge in [-0.3, -0.25) is 14.5 Å². The van der Waals surface area contributed by atoms with Crippen LogP contribution in [0, 0.1) is 11.3 Å². The number of carbonyl (C=O) groups excluding carboxylic acids is 2. The van der Waals surface area contributed by atoms with Gasteiger partial charge in [0.05, 0.1) is 11.4 Å². The molecule has 8 heteroatoms. The van der Waals surface area contributed by atoms with Gasteiger partial charge in [0.25, 0.3) is 5.91 Å². The summed E-state index contributed by atoms with van der Waals surface area (Å²) in [4.78, 5) is 29.7. The summed E-state index contributed by atoms with van der Waals surface area (Å²) in [6, 6.07) is 9.01. The first-order chi connectivity index (χ1) is 12.0. The molecule has 2 amide bonds. The minimum atomic E-state index is -0.525. The molecule has 0 saturated heterocycles. The highest BCUT2D eigenvalue weighted by molar-refractivity contribution is 9.10. The standard InChI is InChI=1S/C17H15BrN4O2S/c1-3-22(11(2)23)17-20-13(10-25-17)8-12(9-19)16(24)21-15-7-5-4-6-14(15)18/h4-8,10H,3H2,1-2H3,(H,21,24)/b12-8-. The van der Waals surface area contributed by atoms with E-state index in [1.807, 2.05) is 19.1 Å². The number of carbonyl (C=O) groups is 2. The molecule has 1 aromatic carbocycles. The van der Waals surface area contributed by atoms with Crippen LogP contribution in [-0.4, -0.2) is 23.3 Å². The summed E-state index contributed by atoms with van der Waals surface area (Å²) in [6.45, 7) is 3.82. The Morgan fingerprint density at radius 1 is 1.44 bits per heavy atom. The molecule has 0 aliphatic rings. The molecule has 0 atom stereocenters. The Balaban J connectivity index is 2.22. The van der Waals surface area contributed by atoms with E-state index in [1.54, 1.807) is 23.6 Å². The molecule has 0 unspecified atom stereocenters. The van der Waals surface area contributed by atoms with Crippen LogP contribution in [0.3, 0.4) is 0 Å². The number of hydrogen-bond donors (Lipinski definition) is 1. The van der Waals surface area contributed by atoms with Crippen molar-refractivity contribution in [2.75, 3.05) is 16.8 Å². The number of para-hydroxylation sites is 1. The molecule has 0 saturated carbocycles. The molecular formula is C17H15BrN4O2S. The van der Waals surface area contributed by atoms with Gasteiger partial charge >= 0.3 is 0 Å². The summed E-state index contributed by atoms with van der Waals surface area (Å²) in [6.07, 6.45) is 1.40. The lowest BCUT2D eigenvalue weighted by Crippen LogP contribution is -2.27. The topological polar surface area (TPSA) is 86.1 Å². The maximum absolute atomic E-state index is 12.3. The molecule has 6 nitrogen and oxygen atoms in total. The van der Waals surface area contributed by atoms with Crippen molar-refractivity contribution in [2.45, 2.75) is 13.8 Å². The summed E-state index contributed by atoms with van der Waals surface area (Å²) in [5.74, 6) is -0.637. The first kappa shape index (κ1) is 18.8. The van der Waals surface area contributed by atoms with Crippen molar-refractivity contribution in [3.63, 3.8) is 0 Å². The van der Waals surface area contributed by atoms with E-state index in [0.717, 1.165) is 4.47 Å². The Hall–Kier alpha value is -2.50. The Morgan fingerprint density at radius 3 is 2.76 bits per heavy atom. The normalized spacial score (nSPS) is 10.9. The first-order valence-corrected chi connectivity index (χ1v) is 9.04. The van der Waals surface area contributed by atoms with Crippen LogP contribution in [0.4, 0.5) is 10.8 Å². The third-order valence-electron chi connectivity index (χ3n) is 3.22. The largest absolute Gasteiger partial charge is 0.320 e. The van der Waals surface area contributed by atoms with Gasteiger partial charge in [-0.15, -0.1) is 11.3 Å². The predicted molar refractivity (Wildman–Crippen MR) is 102 cm³/mol. The number of benzene rings is 1. The molecule has 0 aliphatic heterocycles. The third-order valence-corrected chi connectivity index (χ3v) is 4.79. The molecule has 0 radical (unpaired) electrons. The van der Waals surface area contributed by atoms with E-state index < -0.39 is 5.91 Å². The zero-order valence-electron chi connectivity index (χ0n) is 13.6. The van der Waals surface area contributed by atoms with Crippen LogP contribution in [-0.2, 0) is 9.59 Å². The number of rotatable bonds is 5. The molecule has 0 fully saturated rings. The molecule has 0 bridgehead atoms. The quantitative estimate of drug-likeness (QED) is 0.590. The number of hydrogen-bond acceptors (Lipinski definition) is 5. The smallest absolute Gasteiger partial charge is 0.266 e. The van der Waals surface area contributed by atoms with Gasteiger partial charge in [-0.05, 0) is 41.1 Å². The van der Waals surface area contributed by atoms with Crippen LogP contribution in [0.1, 0.15) is 19.5 Å². The van der Waals surface area contributed by atoms with Crippen LogP contribution < -0.4 is 10.2 Å². The maximum atomic E-state index is 12.3. The number of halogens is 1. The van der Waals surface area contributed by atoms with Gasteiger partial charge in [0.1, 0.15) is 11.6 Å². The van der Waals surface area contributed by atoms with E-state index in [4.69, 9.17) is 0 Å². The van der Waals surface area contributed by atoms with Crippen LogP contribution >= 0.6 is 27.3 Å². The lowest BCUT2D eigenvalue weighted by Gasteiger charge is -2.14. The molecule has 1 heterocycles. The summed E-state index contributed by atoms with van der Waals surface area (Å²) in [5, 5.41) is 14.2. The number of aromatic nitrogens is 1. The van der Waals surface area contributed by atoms with Gasteiger partial charge in [0.2, 0.25) is 5.91 Å². The second-order valence-electron chi connectivity index (χ2n) is 4.92. The van der Waals surface area contributed by atoms with Crippen LogP contribution in [0.5, 0.6) is 0 Å². The fraction of sp³-hybridized carbons (Fsp3) is 0.176. The van der Waals surface area contributed by atoms with E-state index in [2.05, 4.69) is 26.2 Å². The second-order valence-corrected chi connectivity index (χ2v) is 6.61. The predicted octanol–water partition coefficient (Wildman–Crippen LogP) is 3.82. The number of anilines is 2. The van der Waals surface area contributed by atoms with E-state index in [-0.39, 0.29) is 11.5 Å². The fourth-order valence-electron chi connectivity index (χ4n) is 2.01. The van der Waals surface area contributed by atoms with Crippen molar-refractivity contribution in [3.8, 4) is 6.07 Å². The Bertz CT molecular complexity index is 870. The average Bonchev–Trinajstić information content (AvgIpc) is 3.03. The Kier molecular flexibility index (Phi) is 6.44. The second kappa shape index (κ2) is 8.55. The lowest BCUT2D eigenvalue weighted by atomic mass is 10.2. The van der Waals surface area contributed by atoms with Crippen LogP contribution in [0.25, 0.3) is 6.08 Å².